The zero-order valence-electron chi connectivity index (χ0n) is 21.9. The molecule has 0 aliphatic carbocycles. The summed E-state index contributed by atoms with van der Waals surface area (Å²) in [5.41, 5.74) is 0.888. The van der Waals surface area contributed by atoms with Gasteiger partial charge in [0.15, 0.2) is 0 Å². The first kappa shape index (κ1) is 28.8. The van der Waals surface area contributed by atoms with Gasteiger partial charge in [0.2, 0.25) is 0 Å². The topological polar surface area (TPSA) is 53.4 Å². The van der Waals surface area contributed by atoms with Crippen LogP contribution in [0.15, 0.2) is 0 Å². The molecule has 0 aromatic carbocycles. The molecule has 31 heavy (non-hydrogen) atoms. The Morgan fingerprint density at radius 1 is 0.613 bits per heavy atom. The number of aliphatic hydroxyl groups excluding tert-OH is 2. The average Bonchev–Trinajstić information content (AvgIpc) is 2.66. The van der Waals surface area contributed by atoms with E-state index in [0.29, 0.717) is 17.4 Å². The zero-order chi connectivity index (χ0) is 23.5. The van der Waals surface area contributed by atoms with Crippen LogP contribution in [0.3, 0.4) is 0 Å². The minimum Gasteiger partial charge on any atom is -0.395 e. The van der Waals surface area contributed by atoms with Crippen molar-refractivity contribution in [3.05, 3.63) is 0 Å². The second kappa shape index (κ2) is 14.1. The van der Waals surface area contributed by atoms with Crippen molar-refractivity contribution in [3.8, 4) is 0 Å². The highest BCUT2D eigenvalue weighted by molar-refractivity contribution is 4.75. The van der Waals surface area contributed by atoms with Gasteiger partial charge in [0.05, 0.1) is 12.7 Å². The SMILES string of the molecule is CC(C)(C)CCN1CCN(CCO)CC1.CC(O)CN1CCN(CCC(C)(C)C)CC1. The lowest BCUT2D eigenvalue weighted by Crippen LogP contribution is -2.48. The molecule has 2 saturated heterocycles. The van der Waals surface area contributed by atoms with Crippen LogP contribution < -0.4 is 0 Å². The summed E-state index contributed by atoms with van der Waals surface area (Å²) in [6.45, 7) is 29.1. The molecule has 2 fully saturated rings. The van der Waals surface area contributed by atoms with Crippen molar-refractivity contribution < 1.29 is 10.2 Å². The molecule has 0 aromatic heterocycles. The molecule has 2 rings (SSSR count). The number of nitrogens with zero attached hydrogens (tertiary/aromatic N) is 4. The molecule has 0 spiro atoms. The second-order valence-corrected chi connectivity index (χ2v) is 12.0. The lowest BCUT2D eigenvalue weighted by atomic mass is 9.92. The molecule has 186 valence electrons. The highest BCUT2D eigenvalue weighted by atomic mass is 16.3. The third-order valence-corrected chi connectivity index (χ3v) is 6.22. The Hall–Kier alpha value is -0.240. The van der Waals surface area contributed by atoms with Gasteiger partial charge < -0.3 is 20.0 Å². The molecular formula is C25H54N4O2. The highest BCUT2D eigenvalue weighted by Gasteiger charge is 2.20. The summed E-state index contributed by atoms with van der Waals surface area (Å²) in [7, 11) is 0. The number of hydrogen-bond acceptors (Lipinski definition) is 6. The first-order valence-electron chi connectivity index (χ1n) is 12.6. The van der Waals surface area contributed by atoms with Crippen LogP contribution in [0.5, 0.6) is 0 Å². The highest BCUT2D eigenvalue weighted by Crippen LogP contribution is 2.20. The molecule has 0 aromatic rings. The van der Waals surface area contributed by atoms with Crippen LogP contribution in [0.4, 0.5) is 0 Å². The van der Waals surface area contributed by atoms with Gasteiger partial charge in [0, 0.05) is 65.4 Å². The molecule has 0 amide bonds. The number of β-amino-alcohol motifs (C(OH)–C–C–N with tert-alkyl or cyclic N) is 2. The molecule has 1 atom stereocenters. The van der Waals surface area contributed by atoms with Crippen molar-refractivity contribution in [3.63, 3.8) is 0 Å². The minimum absolute atomic E-state index is 0.193. The van der Waals surface area contributed by atoms with E-state index >= 15 is 0 Å². The molecule has 0 bridgehead atoms. The molecule has 1 unspecified atom stereocenters. The third kappa shape index (κ3) is 15.3. The summed E-state index contributed by atoms with van der Waals surface area (Å²) in [5, 5.41) is 18.2. The molecule has 6 heteroatoms. The zero-order valence-corrected chi connectivity index (χ0v) is 21.9. The van der Waals surface area contributed by atoms with E-state index in [9.17, 15) is 5.11 Å². The Labute approximate surface area is 193 Å². The molecule has 2 heterocycles. The minimum atomic E-state index is -0.193. The number of rotatable bonds is 8. The summed E-state index contributed by atoms with van der Waals surface area (Å²) >= 11 is 0. The summed E-state index contributed by atoms with van der Waals surface area (Å²) < 4.78 is 0. The van der Waals surface area contributed by atoms with E-state index in [1.165, 1.54) is 25.9 Å². The fourth-order valence-electron chi connectivity index (χ4n) is 3.93. The molecule has 0 saturated carbocycles. The molecule has 6 nitrogen and oxygen atoms in total. The van der Waals surface area contributed by atoms with E-state index in [-0.39, 0.29) is 6.10 Å². The van der Waals surface area contributed by atoms with Crippen molar-refractivity contribution in [1.82, 2.24) is 19.6 Å². The molecule has 2 N–H and O–H groups in total. The van der Waals surface area contributed by atoms with Crippen LogP contribution in [0, 0.1) is 10.8 Å². The van der Waals surface area contributed by atoms with Gasteiger partial charge in [-0.05, 0) is 43.7 Å². The third-order valence-electron chi connectivity index (χ3n) is 6.22. The Morgan fingerprint density at radius 3 is 1.23 bits per heavy atom. The van der Waals surface area contributed by atoms with Crippen LogP contribution in [0.2, 0.25) is 0 Å². The molecular weight excluding hydrogens is 388 g/mol. The van der Waals surface area contributed by atoms with Crippen LogP contribution in [0.1, 0.15) is 61.3 Å². The molecule has 0 radical (unpaired) electrons. The Morgan fingerprint density at radius 2 is 0.935 bits per heavy atom. The molecule has 2 aliphatic heterocycles. The van der Waals surface area contributed by atoms with Gasteiger partial charge in [0.25, 0.3) is 0 Å². The largest absolute Gasteiger partial charge is 0.395 e. The Bertz CT molecular complexity index is 443. The quantitative estimate of drug-likeness (QED) is 0.602. The summed E-state index contributed by atoms with van der Waals surface area (Å²) in [6.07, 6.45) is 2.34. The molecule has 2 aliphatic rings. The van der Waals surface area contributed by atoms with Crippen molar-refractivity contribution in [1.29, 1.82) is 0 Å². The fourth-order valence-corrected chi connectivity index (χ4v) is 3.93. The van der Waals surface area contributed by atoms with Gasteiger partial charge in [-0.3, -0.25) is 9.80 Å². The van der Waals surface area contributed by atoms with Crippen molar-refractivity contribution in [2.75, 3.05) is 85.1 Å². The first-order valence-corrected chi connectivity index (χ1v) is 12.6. The lowest BCUT2D eigenvalue weighted by Gasteiger charge is -2.36. The van der Waals surface area contributed by atoms with Gasteiger partial charge in [-0.1, -0.05) is 41.5 Å². The fraction of sp³-hybridized carbons (Fsp3) is 1.00. The van der Waals surface area contributed by atoms with Gasteiger partial charge >= 0.3 is 0 Å². The second-order valence-electron chi connectivity index (χ2n) is 12.0. The van der Waals surface area contributed by atoms with E-state index < -0.39 is 0 Å². The maximum atomic E-state index is 9.33. The Kier molecular flexibility index (Phi) is 13.1. The van der Waals surface area contributed by atoms with Crippen molar-refractivity contribution in [2.24, 2.45) is 10.8 Å². The predicted octanol–water partition coefficient (Wildman–Crippen LogP) is 2.45. The lowest BCUT2D eigenvalue weighted by molar-refractivity contribution is 0.0765. The predicted molar refractivity (Wildman–Crippen MR) is 133 cm³/mol. The normalized spacial score (nSPS) is 21.6. The summed E-state index contributed by atoms with van der Waals surface area (Å²) in [4.78, 5) is 9.79. The van der Waals surface area contributed by atoms with Crippen LogP contribution in [0.25, 0.3) is 0 Å². The van der Waals surface area contributed by atoms with E-state index in [2.05, 4.69) is 61.1 Å². The standard InChI is InChI=1S/C13H28N2O.C12H26N2O/c1-12(16)11-15-9-7-14(8-10-15)6-5-13(2,3)4;1-12(2,3)4-5-13-6-8-14(9-7-13)10-11-15/h12,16H,5-11H2,1-4H3;15H,4-11H2,1-3H3. The van der Waals surface area contributed by atoms with Gasteiger partial charge in [-0.15, -0.1) is 0 Å². The van der Waals surface area contributed by atoms with E-state index in [1.54, 1.807) is 0 Å². The summed E-state index contributed by atoms with van der Waals surface area (Å²) in [5.74, 6) is 0. The maximum Gasteiger partial charge on any atom is 0.0639 e. The first-order chi connectivity index (χ1) is 14.4. The number of aliphatic hydroxyl groups is 2. The van der Waals surface area contributed by atoms with E-state index in [1.807, 2.05) is 6.92 Å². The average molecular weight is 443 g/mol. The smallest absolute Gasteiger partial charge is 0.0639 e. The van der Waals surface area contributed by atoms with Crippen LogP contribution >= 0.6 is 0 Å². The van der Waals surface area contributed by atoms with Gasteiger partial charge in [0.1, 0.15) is 0 Å². The van der Waals surface area contributed by atoms with E-state index in [4.69, 9.17) is 5.11 Å². The van der Waals surface area contributed by atoms with Gasteiger partial charge in [-0.2, -0.15) is 0 Å². The van der Waals surface area contributed by atoms with Crippen LogP contribution in [-0.4, -0.2) is 121 Å². The van der Waals surface area contributed by atoms with E-state index in [0.717, 1.165) is 65.4 Å². The van der Waals surface area contributed by atoms with Gasteiger partial charge in [-0.25, -0.2) is 0 Å². The number of piperazine rings is 2. The van der Waals surface area contributed by atoms with Crippen molar-refractivity contribution in [2.45, 2.75) is 67.4 Å². The van der Waals surface area contributed by atoms with Crippen LogP contribution in [-0.2, 0) is 0 Å². The van der Waals surface area contributed by atoms with Crippen molar-refractivity contribution >= 4 is 0 Å². The number of hydrogen-bond donors (Lipinski definition) is 2. The maximum absolute atomic E-state index is 9.33. The monoisotopic (exact) mass is 442 g/mol. The summed E-state index contributed by atoms with van der Waals surface area (Å²) in [6, 6.07) is 0. The Balaban J connectivity index is 0.000000311.